The molecule has 0 aliphatic carbocycles. The quantitative estimate of drug-likeness (QED) is 0.706. The lowest BCUT2D eigenvalue weighted by atomic mass is 10.3. The Hall–Kier alpha value is -2.20. The Morgan fingerprint density at radius 2 is 1.62 bits per heavy atom. The molecule has 0 spiro atoms. The van der Waals surface area contributed by atoms with E-state index in [1.165, 1.54) is 0 Å². The maximum Gasteiger partial charge on any atom is 0.159 e. The second-order valence-electron chi connectivity index (χ2n) is 3.77. The van der Waals surface area contributed by atoms with Crippen LogP contribution in [0.5, 0.6) is 0 Å². The highest BCUT2D eigenvalue weighted by Crippen LogP contribution is 2.18. The first kappa shape index (κ1) is 11.9. The summed E-state index contributed by atoms with van der Waals surface area (Å²) in [5, 5.41) is 18.3. The van der Waals surface area contributed by atoms with Gasteiger partial charge in [0.2, 0.25) is 0 Å². The zero-order chi connectivity index (χ0) is 12.3. The Morgan fingerprint density at radius 1 is 1.12 bits per heavy atom. The molecule has 0 saturated carbocycles. The fraction of sp³-hybridized carbons (Fsp3) is 0.333. The van der Waals surface area contributed by atoms with Crippen molar-refractivity contribution in [3.8, 4) is 12.1 Å². The van der Waals surface area contributed by atoms with Crippen molar-refractivity contribution < 1.29 is 0 Å². The Kier molecular flexibility index (Phi) is 3.37. The van der Waals surface area contributed by atoms with E-state index in [9.17, 15) is 5.26 Å². The molecule has 0 bridgehead atoms. The molecule has 1 heterocycles. The minimum Gasteiger partial charge on any atom is -0.367 e. The minimum atomic E-state index is 0.366. The third-order valence-electron chi connectivity index (χ3n) is 2.38. The number of allylic oxidation sites excluding steroid dienone is 2. The Bertz CT molecular complexity index is 487. The normalized spacial score (nSPS) is 11.4. The van der Waals surface area contributed by atoms with Gasteiger partial charge >= 0.3 is 0 Å². The summed E-state index contributed by atoms with van der Waals surface area (Å²) in [5.74, 6) is 0. The van der Waals surface area contributed by atoms with Crippen LogP contribution >= 0.6 is 0 Å². The summed E-state index contributed by atoms with van der Waals surface area (Å²) >= 11 is 0. The van der Waals surface area contributed by atoms with Crippen LogP contribution in [0.15, 0.2) is 17.8 Å². The molecule has 0 aliphatic heterocycles. The zero-order valence-electron chi connectivity index (χ0n) is 9.94. The van der Waals surface area contributed by atoms with Crippen LogP contribution in [0.4, 0.5) is 0 Å². The molecule has 0 fully saturated rings. The molecular weight excluding hydrogens is 200 g/mol. The smallest absolute Gasteiger partial charge is 0.159 e. The third kappa shape index (κ3) is 1.92. The van der Waals surface area contributed by atoms with Gasteiger partial charge in [-0.05, 0) is 26.0 Å². The van der Waals surface area contributed by atoms with Crippen molar-refractivity contribution in [2.24, 2.45) is 0 Å². The molecule has 0 aromatic carbocycles. The molecule has 1 aromatic heterocycles. The molecule has 16 heavy (non-hydrogen) atoms. The summed E-state index contributed by atoms with van der Waals surface area (Å²) < 4.78 is 1.79. The Balaban J connectivity index is 3.52. The molecule has 0 saturated heterocycles. The largest absolute Gasteiger partial charge is 0.367 e. The van der Waals surface area contributed by atoms with E-state index < -0.39 is 0 Å². The van der Waals surface area contributed by atoms with E-state index in [1.807, 2.05) is 26.0 Å². The van der Waals surface area contributed by atoms with Gasteiger partial charge in [-0.25, -0.2) is 0 Å². The van der Waals surface area contributed by atoms with E-state index in [-0.39, 0.29) is 0 Å². The SMILES string of the molecule is Cc1ccc(C)n1/C(C#N)=C(/C#N)N(C)C. The van der Waals surface area contributed by atoms with Crippen LogP contribution in [0.3, 0.4) is 0 Å². The van der Waals surface area contributed by atoms with Crippen LogP contribution in [0, 0.1) is 36.5 Å². The van der Waals surface area contributed by atoms with Gasteiger partial charge in [0.25, 0.3) is 0 Å². The van der Waals surface area contributed by atoms with Crippen molar-refractivity contribution in [2.45, 2.75) is 13.8 Å². The van der Waals surface area contributed by atoms with Gasteiger partial charge in [0.05, 0.1) is 0 Å². The average Bonchev–Trinajstić information content (AvgIpc) is 2.55. The van der Waals surface area contributed by atoms with E-state index in [1.54, 1.807) is 23.6 Å². The highest BCUT2D eigenvalue weighted by molar-refractivity contribution is 5.68. The van der Waals surface area contributed by atoms with Crippen molar-refractivity contribution in [3.63, 3.8) is 0 Å². The van der Waals surface area contributed by atoms with E-state index in [2.05, 4.69) is 12.1 Å². The molecule has 0 atom stereocenters. The van der Waals surface area contributed by atoms with Gasteiger partial charge in [-0.2, -0.15) is 10.5 Å². The molecule has 4 nitrogen and oxygen atoms in total. The molecule has 0 amide bonds. The number of hydrogen-bond acceptors (Lipinski definition) is 3. The van der Waals surface area contributed by atoms with Crippen molar-refractivity contribution in [1.82, 2.24) is 9.47 Å². The van der Waals surface area contributed by atoms with E-state index >= 15 is 0 Å². The van der Waals surface area contributed by atoms with E-state index in [4.69, 9.17) is 5.26 Å². The zero-order valence-corrected chi connectivity index (χ0v) is 9.94. The van der Waals surface area contributed by atoms with Gasteiger partial charge in [0, 0.05) is 25.5 Å². The fourth-order valence-electron chi connectivity index (χ4n) is 1.59. The molecule has 1 rings (SSSR count). The van der Waals surface area contributed by atoms with Crippen molar-refractivity contribution in [3.05, 3.63) is 29.2 Å². The summed E-state index contributed by atoms with van der Waals surface area (Å²) in [6.07, 6.45) is 0. The minimum absolute atomic E-state index is 0.366. The molecule has 1 aromatic rings. The standard InChI is InChI=1S/C12H14N4/c1-9-5-6-10(2)16(9)12(8-14)11(7-13)15(3)4/h5-6H,1-4H3/b12-11-. The highest BCUT2D eigenvalue weighted by Gasteiger charge is 2.13. The van der Waals surface area contributed by atoms with Crippen LogP contribution in [-0.2, 0) is 0 Å². The lowest BCUT2D eigenvalue weighted by Gasteiger charge is -2.15. The van der Waals surface area contributed by atoms with Crippen LogP contribution < -0.4 is 0 Å². The Labute approximate surface area is 95.6 Å². The first-order valence-corrected chi connectivity index (χ1v) is 4.90. The van der Waals surface area contributed by atoms with Gasteiger partial charge in [-0.3, -0.25) is 0 Å². The van der Waals surface area contributed by atoms with Crippen LogP contribution in [0.2, 0.25) is 0 Å². The number of aromatic nitrogens is 1. The predicted octanol–water partition coefficient (Wildman–Crippen LogP) is 1.88. The van der Waals surface area contributed by atoms with Crippen molar-refractivity contribution in [1.29, 1.82) is 10.5 Å². The second-order valence-corrected chi connectivity index (χ2v) is 3.77. The number of rotatable bonds is 2. The van der Waals surface area contributed by atoms with Gasteiger partial charge in [0.15, 0.2) is 11.4 Å². The molecule has 0 aliphatic rings. The number of nitriles is 2. The summed E-state index contributed by atoms with van der Waals surface area (Å²) in [6, 6.07) is 8.01. The van der Waals surface area contributed by atoms with Crippen molar-refractivity contribution in [2.75, 3.05) is 14.1 Å². The summed E-state index contributed by atoms with van der Waals surface area (Å²) in [7, 11) is 3.51. The third-order valence-corrected chi connectivity index (χ3v) is 2.38. The first-order chi connectivity index (χ1) is 7.52. The predicted molar refractivity (Wildman–Crippen MR) is 62.0 cm³/mol. The summed E-state index contributed by atoms with van der Waals surface area (Å²) in [4.78, 5) is 1.65. The molecule has 0 unspecified atom stereocenters. The Morgan fingerprint density at radius 3 is 1.94 bits per heavy atom. The number of hydrogen-bond donors (Lipinski definition) is 0. The van der Waals surface area contributed by atoms with Gasteiger partial charge in [-0.15, -0.1) is 0 Å². The summed E-state index contributed by atoms with van der Waals surface area (Å²) in [6.45, 7) is 3.82. The molecule has 82 valence electrons. The lowest BCUT2D eigenvalue weighted by Crippen LogP contribution is -2.15. The van der Waals surface area contributed by atoms with E-state index in [0.29, 0.717) is 11.4 Å². The monoisotopic (exact) mass is 214 g/mol. The lowest BCUT2D eigenvalue weighted by molar-refractivity contribution is 0.533. The molecule has 4 heteroatoms. The fourth-order valence-corrected chi connectivity index (χ4v) is 1.59. The average molecular weight is 214 g/mol. The maximum absolute atomic E-state index is 9.19. The molecule has 0 radical (unpaired) electrons. The van der Waals surface area contributed by atoms with Crippen LogP contribution in [0.25, 0.3) is 5.70 Å². The first-order valence-electron chi connectivity index (χ1n) is 4.90. The van der Waals surface area contributed by atoms with Gasteiger partial charge < -0.3 is 9.47 Å². The number of nitrogens with zero attached hydrogens (tertiary/aromatic N) is 4. The maximum atomic E-state index is 9.19. The van der Waals surface area contributed by atoms with Gasteiger partial charge in [-0.1, -0.05) is 0 Å². The summed E-state index contributed by atoms with van der Waals surface area (Å²) in [5.41, 5.74) is 2.63. The highest BCUT2D eigenvalue weighted by atomic mass is 15.1. The van der Waals surface area contributed by atoms with E-state index in [0.717, 1.165) is 11.4 Å². The second kappa shape index (κ2) is 4.55. The molecule has 0 N–H and O–H groups in total. The van der Waals surface area contributed by atoms with Crippen LogP contribution in [-0.4, -0.2) is 23.6 Å². The topological polar surface area (TPSA) is 55.8 Å². The van der Waals surface area contributed by atoms with Crippen molar-refractivity contribution >= 4 is 5.70 Å². The molecular formula is C12H14N4. The van der Waals surface area contributed by atoms with Crippen LogP contribution in [0.1, 0.15) is 11.4 Å². The number of aryl methyl sites for hydroxylation is 2. The van der Waals surface area contributed by atoms with Gasteiger partial charge in [0.1, 0.15) is 12.1 Å².